The van der Waals surface area contributed by atoms with Crippen LogP contribution in [0.5, 0.6) is 0 Å². The lowest BCUT2D eigenvalue weighted by Crippen LogP contribution is -2.60. The molecule has 1 unspecified atom stereocenters. The van der Waals surface area contributed by atoms with E-state index in [9.17, 15) is 15.0 Å². The quantitative estimate of drug-likeness (QED) is 0.632. The van der Waals surface area contributed by atoms with Gasteiger partial charge in [0.2, 0.25) is 5.91 Å². The molecule has 0 bridgehead atoms. The molecule has 1 spiro atoms. The molecule has 3 aliphatic rings. The Morgan fingerprint density at radius 1 is 1.13 bits per heavy atom. The summed E-state index contributed by atoms with van der Waals surface area (Å²) < 4.78 is 0. The average Bonchev–Trinajstić information content (AvgIpc) is 2.99. The fraction of sp³-hybridized carbons (Fsp3) is 0.708. The van der Waals surface area contributed by atoms with Crippen LogP contribution in [-0.4, -0.2) is 89.1 Å². The van der Waals surface area contributed by atoms with Crippen molar-refractivity contribution in [2.24, 2.45) is 0 Å². The molecule has 3 N–H and O–H groups in total. The zero-order chi connectivity index (χ0) is 22.3. The lowest BCUT2D eigenvalue weighted by Gasteiger charge is -2.53. The zero-order valence-corrected chi connectivity index (χ0v) is 19.2. The van der Waals surface area contributed by atoms with E-state index < -0.39 is 12.0 Å². The van der Waals surface area contributed by atoms with Gasteiger partial charge in [0.05, 0.1) is 12.1 Å². The van der Waals surface area contributed by atoms with Crippen molar-refractivity contribution in [3.63, 3.8) is 0 Å². The average molecular weight is 431 g/mol. The highest BCUT2D eigenvalue weighted by molar-refractivity contribution is 5.77. The normalized spacial score (nSPS) is 33.5. The number of amides is 1. The molecule has 1 saturated heterocycles. The fourth-order valence-electron chi connectivity index (χ4n) is 6.02. The largest absolute Gasteiger partial charge is 0.389 e. The van der Waals surface area contributed by atoms with Gasteiger partial charge < -0.3 is 15.5 Å². The van der Waals surface area contributed by atoms with Crippen LogP contribution in [0.3, 0.4) is 0 Å². The molecule has 31 heavy (non-hydrogen) atoms. The molecule has 0 aromatic heterocycles. The molecule has 3 fully saturated rings. The van der Waals surface area contributed by atoms with Crippen molar-refractivity contribution in [1.82, 2.24) is 20.0 Å². The number of hydrogen-bond donors (Lipinski definition) is 3. The van der Waals surface area contributed by atoms with Crippen LogP contribution in [-0.2, 0) is 10.3 Å². The van der Waals surface area contributed by atoms with Crippen molar-refractivity contribution >= 4 is 5.91 Å². The van der Waals surface area contributed by atoms with Crippen LogP contribution in [0.1, 0.15) is 50.5 Å². The van der Waals surface area contributed by atoms with Crippen LogP contribution in [0.25, 0.3) is 0 Å². The third-order valence-corrected chi connectivity index (χ3v) is 8.26. The summed E-state index contributed by atoms with van der Waals surface area (Å²) in [6.45, 7) is 1.29. The van der Waals surface area contributed by atoms with Gasteiger partial charge >= 0.3 is 0 Å². The van der Waals surface area contributed by atoms with Gasteiger partial charge in [0.25, 0.3) is 0 Å². The van der Waals surface area contributed by atoms with Gasteiger partial charge in [-0.05, 0) is 64.6 Å². The second kappa shape index (κ2) is 8.45. The first-order chi connectivity index (χ1) is 14.7. The molecule has 7 nitrogen and oxygen atoms in total. The van der Waals surface area contributed by atoms with Gasteiger partial charge in [0.15, 0.2) is 6.35 Å². The molecule has 1 amide bonds. The minimum atomic E-state index is -0.842. The van der Waals surface area contributed by atoms with Crippen molar-refractivity contribution in [2.45, 2.75) is 68.0 Å². The molecule has 2 saturated carbocycles. The summed E-state index contributed by atoms with van der Waals surface area (Å²) in [4.78, 5) is 18.4. The molecule has 1 aromatic rings. The second-order valence-corrected chi connectivity index (χ2v) is 10.1. The van der Waals surface area contributed by atoms with Crippen molar-refractivity contribution in [3.05, 3.63) is 35.9 Å². The van der Waals surface area contributed by atoms with Crippen LogP contribution in [0.2, 0.25) is 0 Å². The van der Waals surface area contributed by atoms with E-state index in [4.69, 9.17) is 0 Å². The van der Waals surface area contributed by atoms with E-state index in [0.717, 1.165) is 44.9 Å². The van der Waals surface area contributed by atoms with Gasteiger partial charge in [-0.3, -0.25) is 19.5 Å². The number of aliphatic hydroxyl groups excluding tert-OH is 1. The van der Waals surface area contributed by atoms with Crippen LogP contribution < -0.4 is 5.32 Å². The second-order valence-electron chi connectivity index (χ2n) is 10.1. The molecular formula is C24H38N4O3. The van der Waals surface area contributed by atoms with E-state index in [2.05, 4.69) is 59.5 Å². The Bertz CT molecular complexity index is 772. The Balaban J connectivity index is 1.60. The highest BCUT2D eigenvalue weighted by atomic mass is 16.3. The van der Waals surface area contributed by atoms with E-state index in [-0.39, 0.29) is 23.5 Å². The van der Waals surface area contributed by atoms with E-state index in [0.29, 0.717) is 13.1 Å². The first kappa shape index (κ1) is 22.7. The molecule has 4 rings (SSSR count). The van der Waals surface area contributed by atoms with Crippen LogP contribution in [0.15, 0.2) is 30.3 Å². The van der Waals surface area contributed by atoms with Gasteiger partial charge in [-0.15, -0.1) is 0 Å². The van der Waals surface area contributed by atoms with Gasteiger partial charge in [-0.25, -0.2) is 0 Å². The number of hydrogen-bond acceptors (Lipinski definition) is 6. The maximum Gasteiger partial charge on any atom is 0.234 e. The van der Waals surface area contributed by atoms with E-state index in [1.54, 1.807) is 7.05 Å². The first-order valence-corrected chi connectivity index (χ1v) is 11.6. The van der Waals surface area contributed by atoms with E-state index >= 15 is 0 Å². The standard InChI is InChI=1S/C24H38N4O3/c1-25-20(29)16-27-17-22(28(21(27)30)18-23(31)10-7-11-23)12-14-24(15-13-22,26(2)3)19-8-5-4-6-9-19/h4-6,8-9,21,30-31H,7,10-18H2,1-3H3,(H,25,29)/t21?,22-,24+. The lowest BCUT2D eigenvalue weighted by atomic mass is 9.67. The molecule has 172 valence electrons. The molecular weight excluding hydrogens is 392 g/mol. The van der Waals surface area contributed by atoms with E-state index in [1.807, 2.05) is 4.90 Å². The van der Waals surface area contributed by atoms with Gasteiger partial charge in [0.1, 0.15) is 0 Å². The number of rotatable bonds is 6. The monoisotopic (exact) mass is 430 g/mol. The fourth-order valence-corrected chi connectivity index (χ4v) is 6.02. The minimum Gasteiger partial charge on any atom is -0.389 e. The van der Waals surface area contributed by atoms with Crippen molar-refractivity contribution in [2.75, 3.05) is 40.8 Å². The maximum atomic E-state index is 12.1. The SMILES string of the molecule is CNC(=O)CN1C[C@]2(CC[C@](c3ccccc3)(N(C)C)CC2)N(CC2(O)CCC2)C1O. The number of β-amino-alcohol motifs (C(OH)–C–C–N with tert-alkyl or cyclic N) is 1. The predicted molar refractivity (Wildman–Crippen MR) is 120 cm³/mol. The predicted octanol–water partition coefficient (Wildman–Crippen LogP) is 1.31. The Labute approximate surface area is 186 Å². The smallest absolute Gasteiger partial charge is 0.234 e. The zero-order valence-electron chi connectivity index (χ0n) is 19.2. The van der Waals surface area contributed by atoms with Crippen molar-refractivity contribution in [1.29, 1.82) is 0 Å². The molecule has 7 heteroatoms. The Hall–Kier alpha value is -1.51. The molecule has 0 radical (unpaired) electrons. The number of carbonyl (C=O) groups excluding carboxylic acids is 1. The molecule has 1 aromatic carbocycles. The number of nitrogens with zero attached hydrogens (tertiary/aromatic N) is 3. The number of aliphatic hydroxyl groups is 2. The number of benzene rings is 1. The number of nitrogens with one attached hydrogen (secondary N) is 1. The Morgan fingerprint density at radius 2 is 1.77 bits per heavy atom. The van der Waals surface area contributed by atoms with Gasteiger partial charge in [0, 0.05) is 31.2 Å². The topological polar surface area (TPSA) is 79.3 Å². The number of likely N-dealkylation sites (N-methyl/N-ethyl adjacent to an activating group) is 1. The molecule has 1 atom stereocenters. The summed E-state index contributed by atoms with van der Waals surface area (Å²) in [6.07, 6.45) is 5.53. The summed E-state index contributed by atoms with van der Waals surface area (Å²) in [7, 11) is 5.93. The molecule has 1 heterocycles. The highest BCUT2D eigenvalue weighted by Crippen LogP contribution is 2.50. The summed E-state index contributed by atoms with van der Waals surface area (Å²) in [5, 5.41) is 24.8. The summed E-state index contributed by atoms with van der Waals surface area (Å²) in [6, 6.07) is 10.7. The minimum absolute atomic E-state index is 0.0370. The van der Waals surface area contributed by atoms with Gasteiger partial charge in [-0.1, -0.05) is 30.3 Å². The van der Waals surface area contributed by atoms with Crippen LogP contribution >= 0.6 is 0 Å². The third-order valence-electron chi connectivity index (χ3n) is 8.26. The molecule has 1 aliphatic heterocycles. The van der Waals surface area contributed by atoms with Crippen LogP contribution in [0.4, 0.5) is 0 Å². The highest BCUT2D eigenvalue weighted by Gasteiger charge is 2.56. The Kier molecular flexibility index (Phi) is 6.18. The lowest BCUT2D eigenvalue weighted by molar-refractivity contribution is -0.147. The maximum absolute atomic E-state index is 12.1. The molecule has 2 aliphatic carbocycles. The van der Waals surface area contributed by atoms with Crippen molar-refractivity contribution < 1.29 is 15.0 Å². The number of carbonyl (C=O) groups is 1. The summed E-state index contributed by atoms with van der Waals surface area (Å²) in [5.74, 6) is -0.0962. The van der Waals surface area contributed by atoms with Gasteiger partial charge in [-0.2, -0.15) is 0 Å². The summed E-state index contributed by atoms with van der Waals surface area (Å²) in [5.41, 5.74) is 0.351. The van der Waals surface area contributed by atoms with Crippen LogP contribution in [0, 0.1) is 0 Å². The summed E-state index contributed by atoms with van der Waals surface area (Å²) >= 11 is 0. The van der Waals surface area contributed by atoms with E-state index in [1.165, 1.54) is 5.56 Å². The third kappa shape index (κ3) is 4.02. The first-order valence-electron chi connectivity index (χ1n) is 11.6. The van der Waals surface area contributed by atoms with Crippen molar-refractivity contribution in [3.8, 4) is 0 Å². The Morgan fingerprint density at radius 3 is 2.29 bits per heavy atom.